The van der Waals surface area contributed by atoms with Gasteiger partial charge in [0, 0.05) is 12.0 Å². The first kappa shape index (κ1) is 13.3. The van der Waals surface area contributed by atoms with E-state index in [0.29, 0.717) is 11.3 Å². The van der Waals surface area contributed by atoms with Gasteiger partial charge in [-0.3, -0.25) is 14.4 Å². The highest BCUT2D eigenvalue weighted by Gasteiger charge is 2.36. The Morgan fingerprint density at radius 2 is 2.16 bits per heavy atom. The Kier molecular flexibility index (Phi) is 3.64. The lowest BCUT2D eigenvalue weighted by Crippen LogP contribution is -2.28. The number of carbonyl (C=O) groups is 3. The molecule has 1 aliphatic rings. The van der Waals surface area contributed by atoms with Crippen molar-refractivity contribution in [1.82, 2.24) is 0 Å². The number of aryl methyl sites for hydroxylation is 1. The van der Waals surface area contributed by atoms with E-state index in [-0.39, 0.29) is 24.7 Å². The minimum Gasteiger partial charge on any atom is -0.465 e. The van der Waals surface area contributed by atoms with Crippen molar-refractivity contribution in [2.45, 2.75) is 20.3 Å². The SMILES string of the molecule is CCOC(=O)C1CC(=O)Nc2cccc(C)c2C1=O. The molecule has 1 aliphatic heterocycles. The molecule has 0 aliphatic carbocycles. The van der Waals surface area contributed by atoms with Crippen LogP contribution < -0.4 is 5.32 Å². The van der Waals surface area contributed by atoms with Gasteiger partial charge in [-0.15, -0.1) is 0 Å². The molecule has 0 saturated carbocycles. The second-order valence-corrected chi connectivity index (χ2v) is 4.42. The lowest BCUT2D eigenvalue weighted by atomic mass is 9.92. The monoisotopic (exact) mass is 261 g/mol. The Balaban J connectivity index is 2.46. The predicted molar refractivity (Wildman–Crippen MR) is 68.9 cm³/mol. The molecule has 100 valence electrons. The largest absolute Gasteiger partial charge is 0.465 e. The summed E-state index contributed by atoms with van der Waals surface area (Å²) in [6.45, 7) is 3.62. The molecule has 0 fully saturated rings. The van der Waals surface area contributed by atoms with Crippen molar-refractivity contribution < 1.29 is 19.1 Å². The summed E-state index contributed by atoms with van der Waals surface area (Å²) in [6, 6.07) is 5.19. The Morgan fingerprint density at radius 1 is 1.42 bits per heavy atom. The van der Waals surface area contributed by atoms with Crippen LogP contribution in [0.2, 0.25) is 0 Å². The van der Waals surface area contributed by atoms with Crippen molar-refractivity contribution in [3.8, 4) is 0 Å². The smallest absolute Gasteiger partial charge is 0.317 e. The molecular weight excluding hydrogens is 246 g/mol. The van der Waals surface area contributed by atoms with Gasteiger partial charge in [0.05, 0.1) is 12.3 Å². The van der Waals surface area contributed by atoms with E-state index in [1.54, 1.807) is 32.0 Å². The summed E-state index contributed by atoms with van der Waals surface area (Å²) in [5, 5.41) is 2.65. The number of ether oxygens (including phenoxy) is 1. The first-order chi connectivity index (χ1) is 9.04. The van der Waals surface area contributed by atoms with Crippen LogP contribution in [0.15, 0.2) is 18.2 Å². The minimum absolute atomic E-state index is 0.175. The number of hydrogen-bond acceptors (Lipinski definition) is 4. The fraction of sp³-hybridized carbons (Fsp3) is 0.357. The zero-order valence-corrected chi connectivity index (χ0v) is 10.9. The average molecular weight is 261 g/mol. The number of benzene rings is 1. The molecule has 5 heteroatoms. The number of ketones is 1. The van der Waals surface area contributed by atoms with Gasteiger partial charge in [-0.05, 0) is 25.5 Å². The van der Waals surface area contributed by atoms with Gasteiger partial charge in [0.25, 0.3) is 0 Å². The zero-order valence-electron chi connectivity index (χ0n) is 10.9. The normalized spacial score (nSPS) is 18.3. The van der Waals surface area contributed by atoms with Crippen molar-refractivity contribution in [3.05, 3.63) is 29.3 Å². The van der Waals surface area contributed by atoms with E-state index >= 15 is 0 Å². The highest BCUT2D eigenvalue weighted by Crippen LogP contribution is 2.28. The first-order valence-electron chi connectivity index (χ1n) is 6.15. The first-order valence-corrected chi connectivity index (χ1v) is 6.15. The number of Topliss-reactive ketones (excluding diaryl/α,β-unsaturated/α-hetero) is 1. The molecule has 5 nitrogen and oxygen atoms in total. The molecule has 1 unspecified atom stereocenters. The Labute approximate surface area is 110 Å². The summed E-state index contributed by atoms with van der Waals surface area (Å²) < 4.78 is 4.87. The summed E-state index contributed by atoms with van der Waals surface area (Å²) >= 11 is 0. The maximum absolute atomic E-state index is 12.4. The topological polar surface area (TPSA) is 72.5 Å². The van der Waals surface area contributed by atoms with Gasteiger partial charge in [-0.25, -0.2) is 0 Å². The van der Waals surface area contributed by atoms with E-state index in [1.807, 2.05) is 0 Å². The molecule has 1 amide bonds. The molecule has 1 aromatic rings. The lowest BCUT2D eigenvalue weighted by Gasteiger charge is -2.12. The number of hydrogen-bond donors (Lipinski definition) is 1. The maximum Gasteiger partial charge on any atom is 0.317 e. The molecule has 0 radical (unpaired) electrons. The van der Waals surface area contributed by atoms with Crippen LogP contribution in [0.3, 0.4) is 0 Å². The van der Waals surface area contributed by atoms with Crippen molar-refractivity contribution in [3.63, 3.8) is 0 Å². The van der Waals surface area contributed by atoms with E-state index in [9.17, 15) is 14.4 Å². The summed E-state index contributed by atoms with van der Waals surface area (Å²) in [7, 11) is 0. The lowest BCUT2D eigenvalue weighted by molar-refractivity contribution is -0.147. The van der Waals surface area contributed by atoms with Crippen LogP contribution in [-0.2, 0) is 14.3 Å². The quantitative estimate of drug-likeness (QED) is 0.649. The summed E-state index contributed by atoms with van der Waals surface area (Å²) in [5.74, 6) is -2.40. The fourth-order valence-electron chi connectivity index (χ4n) is 2.19. The van der Waals surface area contributed by atoms with Crippen LogP contribution in [0.25, 0.3) is 0 Å². The number of fused-ring (bicyclic) bond motifs is 1. The third kappa shape index (κ3) is 2.50. The van der Waals surface area contributed by atoms with Crippen molar-refractivity contribution in [2.75, 3.05) is 11.9 Å². The highest BCUT2D eigenvalue weighted by molar-refractivity contribution is 6.17. The molecule has 19 heavy (non-hydrogen) atoms. The van der Waals surface area contributed by atoms with Gasteiger partial charge in [0.1, 0.15) is 5.92 Å². The number of carbonyl (C=O) groups excluding carboxylic acids is 3. The molecule has 1 heterocycles. The summed E-state index contributed by atoms with van der Waals surface area (Å²) in [5.41, 5.74) is 1.59. The Hall–Kier alpha value is -2.17. The van der Waals surface area contributed by atoms with Crippen LogP contribution in [0.5, 0.6) is 0 Å². The van der Waals surface area contributed by atoms with Crippen LogP contribution in [0, 0.1) is 12.8 Å². The third-order valence-corrected chi connectivity index (χ3v) is 3.07. The summed E-state index contributed by atoms with van der Waals surface area (Å²) in [4.78, 5) is 36.0. The minimum atomic E-state index is -1.05. The predicted octanol–water partition coefficient (Wildman–Crippen LogP) is 1.70. The standard InChI is InChI=1S/C14H15NO4/c1-3-19-14(18)9-7-11(16)15-10-6-4-5-8(2)12(10)13(9)17/h4-6,9H,3,7H2,1-2H3,(H,15,16). The van der Waals surface area contributed by atoms with E-state index in [1.165, 1.54) is 0 Å². The summed E-state index contributed by atoms with van der Waals surface area (Å²) in [6.07, 6.45) is -0.175. The molecule has 0 spiro atoms. The number of amides is 1. The van der Waals surface area contributed by atoms with Crippen molar-refractivity contribution in [1.29, 1.82) is 0 Å². The molecule has 0 saturated heterocycles. The van der Waals surface area contributed by atoms with E-state index in [2.05, 4.69) is 5.32 Å². The van der Waals surface area contributed by atoms with Crippen molar-refractivity contribution in [2.24, 2.45) is 5.92 Å². The van der Waals surface area contributed by atoms with Gasteiger partial charge in [0.15, 0.2) is 5.78 Å². The van der Waals surface area contributed by atoms with Crippen LogP contribution in [0.4, 0.5) is 5.69 Å². The third-order valence-electron chi connectivity index (χ3n) is 3.07. The number of anilines is 1. The highest BCUT2D eigenvalue weighted by atomic mass is 16.5. The molecule has 0 bridgehead atoms. The maximum atomic E-state index is 12.4. The van der Waals surface area contributed by atoms with Crippen LogP contribution in [0.1, 0.15) is 29.3 Å². The van der Waals surface area contributed by atoms with Gasteiger partial charge in [0.2, 0.25) is 5.91 Å². The average Bonchev–Trinajstić information content (AvgIpc) is 2.47. The van der Waals surface area contributed by atoms with E-state index in [4.69, 9.17) is 4.74 Å². The Bertz CT molecular complexity index is 550. The molecule has 1 atom stereocenters. The molecule has 1 aromatic carbocycles. The van der Waals surface area contributed by atoms with E-state index in [0.717, 1.165) is 5.56 Å². The molecular formula is C14H15NO4. The number of esters is 1. The number of rotatable bonds is 2. The van der Waals surface area contributed by atoms with E-state index < -0.39 is 11.9 Å². The molecule has 2 rings (SSSR count). The second kappa shape index (κ2) is 5.22. The second-order valence-electron chi connectivity index (χ2n) is 4.42. The van der Waals surface area contributed by atoms with Crippen LogP contribution >= 0.6 is 0 Å². The van der Waals surface area contributed by atoms with Gasteiger partial charge >= 0.3 is 5.97 Å². The Morgan fingerprint density at radius 3 is 2.84 bits per heavy atom. The van der Waals surface area contributed by atoms with Gasteiger partial charge in [-0.2, -0.15) is 0 Å². The molecule has 1 N–H and O–H groups in total. The van der Waals surface area contributed by atoms with Gasteiger partial charge in [-0.1, -0.05) is 12.1 Å². The molecule has 0 aromatic heterocycles. The number of nitrogens with one attached hydrogen (secondary N) is 1. The van der Waals surface area contributed by atoms with Gasteiger partial charge < -0.3 is 10.1 Å². The van der Waals surface area contributed by atoms with Crippen molar-refractivity contribution >= 4 is 23.3 Å². The fourth-order valence-corrected chi connectivity index (χ4v) is 2.19. The zero-order chi connectivity index (χ0) is 14.0. The van der Waals surface area contributed by atoms with Crippen LogP contribution in [-0.4, -0.2) is 24.3 Å².